The number of nitrogens with one attached hydrogen (secondary N) is 1. The van der Waals surface area contributed by atoms with Crippen LogP contribution in [0.1, 0.15) is 12.7 Å². The van der Waals surface area contributed by atoms with Gasteiger partial charge in [-0.1, -0.05) is 30.0 Å². The molecule has 0 fully saturated rings. The van der Waals surface area contributed by atoms with Crippen LogP contribution in [0.25, 0.3) is 16.7 Å². The molecule has 8 heteroatoms. The first-order valence-electron chi connectivity index (χ1n) is 8.43. The molecule has 0 saturated carbocycles. The SMILES string of the molecule is C[C@H](Sc1ncnc2c1cnn2-c1ccccc1)C(=O)NCc1ccco1. The van der Waals surface area contributed by atoms with Crippen molar-refractivity contribution >= 4 is 28.7 Å². The van der Waals surface area contributed by atoms with Crippen molar-refractivity contribution in [3.8, 4) is 5.69 Å². The average molecular weight is 379 g/mol. The van der Waals surface area contributed by atoms with Crippen LogP contribution in [-0.2, 0) is 11.3 Å². The lowest BCUT2D eigenvalue weighted by Gasteiger charge is -2.11. The van der Waals surface area contributed by atoms with Crippen molar-refractivity contribution in [2.45, 2.75) is 23.7 Å². The van der Waals surface area contributed by atoms with Crippen LogP contribution in [-0.4, -0.2) is 30.9 Å². The number of para-hydroxylation sites is 1. The third kappa shape index (κ3) is 3.70. The summed E-state index contributed by atoms with van der Waals surface area (Å²) in [5, 5.41) is 8.52. The van der Waals surface area contributed by atoms with Crippen LogP contribution in [0, 0.1) is 0 Å². The maximum absolute atomic E-state index is 12.4. The summed E-state index contributed by atoms with van der Waals surface area (Å²) in [6.45, 7) is 2.21. The highest BCUT2D eigenvalue weighted by atomic mass is 32.2. The van der Waals surface area contributed by atoms with Gasteiger partial charge in [-0.2, -0.15) is 5.10 Å². The Morgan fingerprint density at radius 3 is 2.85 bits per heavy atom. The highest BCUT2D eigenvalue weighted by Crippen LogP contribution is 2.28. The van der Waals surface area contributed by atoms with Gasteiger partial charge in [0.15, 0.2) is 5.65 Å². The second-order valence-electron chi connectivity index (χ2n) is 5.87. The summed E-state index contributed by atoms with van der Waals surface area (Å²) in [7, 11) is 0. The smallest absolute Gasteiger partial charge is 0.233 e. The predicted molar refractivity (Wildman–Crippen MR) is 103 cm³/mol. The fourth-order valence-electron chi connectivity index (χ4n) is 2.63. The first-order valence-corrected chi connectivity index (χ1v) is 9.31. The molecule has 1 aromatic carbocycles. The summed E-state index contributed by atoms with van der Waals surface area (Å²) < 4.78 is 7.00. The highest BCUT2D eigenvalue weighted by molar-refractivity contribution is 8.00. The maximum Gasteiger partial charge on any atom is 0.233 e. The van der Waals surface area contributed by atoms with Gasteiger partial charge in [-0.3, -0.25) is 4.79 Å². The third-order valence-electron chi connectivity index (χ3n) is 4.00. The van der Waals surface area contributed by atoms with Crippen LogP contribution in [0.4, 0.5) is 0 Å². The van der Waals surface area contributed by atoms with E-state index in [9.17, 15) is 4.79 Å². The van der Waals surface area contributed by atoms with Crippen molar-refractivity contribution in [3.05, 3.63) is 67.0 Å². The minimum absolute atomic E-state index is 0.0846. The van der Waals surface area contributed by atoms with Gasteiger partial charge >= 0.3 is 0 Å². The lowest BCUT2D eigenvalue weighted by molar-refractivity contribution is -0.120. The number of fused-ring (bicyclic) bond motifs is 1. The molecule has 0 aliphatic rings. The zero-order chi connectivity index (χ0) is 18.6. The predicted octanol–water partition coefficient (Wildman–Crippen LogP) is 3.21. The number of amides is 1. The van der Waals surface area contributed by atoms with E-state index in [0.717, 1.165) is 16.1 Å². The number of hydrogen-bond acceptors (Lipinski definition) is 6. The first-order chi connectivity index (χ1) is 13.2. The van der Waals surface area contributed by atoms with Crippen molar-refractivity contribution in [1.82, 2.24) is 25.1 Å². The van der Waals surface area contributed by atoms with E-state index in [1.165, 1.54) is 18.1 Å². The number of nitrogens with zero attached hydrogens (tertiary/aromatic N) is 4. The van der Waals surface area contributed by atoms with Gasteiger partial charge in [-0.25, -0.2) is 14.6 Å². The summed E-state index contributed by atoms with van der Waals surface area (Å²) in [5.41, 5.74) is 1.63. The van der Waals surface area contributed by atoms with Crippen LogP contribution in [0.2, 0.25) is 0 Å². The molecule has 0 aliphatic carbocycles. The molecule has 1 amide bonds. The van der Waals surface area contributed by atoms with Gasteiger partial charge in [0.1, 0.15) is 17.1 Å². The second-order valence-corrected chi connectivity index (χ2v) is 7.19. The van der Waals surface area contributed by atoms with Gasteiger partial charge in [0.2, 0.25) is 5.91 Å². The second kappa shape index (κ2) is 7.63. The maximum atomic E-state index is 12.4. The van der Waals surface area contributed by atoms with Crippen LogP contribution in [0.3, 0.4) is 0 Å². The van der Waals surface area contributed by atoms with Gasteiger partial charge in [0.05, 0.1) is 35.3 Å². The Labute approximate surface area is 159 Å². The van der Waals surface area contributed by atoms with E-state index in [1.807, 2.05) is 43.3 Å². The number of aromatic nitrogens is 4. The van der Waals surface area contributed by atoms with Crippen molar-refractivity contribution in [1.29, 1.82) is 0 Å². The molecule has 136 valence electrons. The van der Waals surface area contributed by atoms with Gasteiger partial charge < -0.3 is 9.73 Å². The number of carbonyl (C=O) groups is 1. The van der Waals surface area contributed by atoms with E-state index in [2.05, 4.69) is 20.4 Å². The Morgan fingerprint density at radius 2 is 2.07 bits per heavy atom. The molecule has 1 atom stereocenters. The molecule has 4 aromatic rings. The van der Waals surface area contributed by atoms with Crippen molar-refractivity contribution in [2.24, 2.45) is 0 Å². The Bertz CT molecular complexity index is 1050. The Hall–Kier alpha value is -3.13. The third-order valence-corrected chi connectivity index (χ3v) is 5.12. The van der Waals surface area contributed by atoms with Gasteiger partial charge in [-0.15, -0.1) is 0 Å². The van der Waals surface area contributed by atoms with Gasteiger partial charge in [0, 0.05) is 0 Å². The molecule has 0 aliphatic heterocycles. The van der Waals surface area contributed by atoms with Crippen LogP contribution in [0.15, 0.2) is 70.7 Å². The molecular weight excluding hydrogens is 362 g/mol. The van der Waals surface area contributed by atoms with E-state index in [4.69, 9.17) is 4.42 Å². The highest BCUT2D eigenvalue weighted by Gasteiger charge is 2.19. The largest absolute Gasteiger partial charge is 0.467 e. The lowest BCUT2D eigenvalue weighted by Crippen LogP contribution is -2.30. The first kappa shape index (κ1) is 17.3. The molecule has 0 spiro atoms. The molecule has 0 unspecified atom stereocenters. The minimum Gasteiger partial charge on any atom is -0.467 e. The van der Waals surface area contributed by atoms with Crippen molar-refractivity contribution < 1.29 is 9.21 Å². The van der Waals surface area contributed by atoms with E-state index in [0.29, 0.717) is 18.0 Å². The van der Waals surface area contributed by atoms with Crippen LogP contribution >= 0.6 is 11.8 Å². The summed E-state index contributed by atoms with van der Waals surface area (Å²) in [6, 6.07) is 13.4. The van der Waals surface area contributed by atoms with E-state index in [1.54, 1.807) is 23.2 Å². The molecule has 27 heavy (non-hydrogen) atoms. The molecule has 7 nitrogen and oxygen atoms in total. The molecule has 4 rings (SSSR count). The topological polar surface area (TPSA) is 85.8 Å². The fourth-order valence-corrected chi connectivity index (χ4v) is 3.53. The lowest BCUT2D eigenvalue weighted by atomic mass is 10.3. The summed E-state index contributed by atoms with van der Waals surface area (Å²) >= 11 is 1.38. The molecule has 0 bridgehead atoms. The Kier molecular flexibility index (Phi) is 4.88. The zero-order valence-electron chi connectivity index (χ0n) is 14.6. The van der Waals surface area contributed by atoms with Crippen LogP contribution in [0.5, 0.6) is 0 Å². The molecule has 3 aromatic heterocycles. The summed E-state index contributed by atoms with van der Waals surface area (Å²) in [5.74, 6) is 0.632. The number of rotatable bonds is 6. The Morgan fingerprint density at radius 1 is 1.22 bits per heavy atom. The number of benzene rings is 1. The van der Waals surface area contributed by atoms with E-state index in [-0.39, 0.29) is 11.2 Å². The molecular formula is C19H17N5O2S. The van der Waals surface area contributed by atoms with Gasteiger partial charge in [0.25, 0.3) is 0 Å². The van der Waals surface area contributed by atoms with Gasteiger partial charge in [-0.05, 0) is 31.2 Å². The number of furan rings is 1. The summed E-state index contributed by atoms with van der Waals surface area (Å²) in [6.07, 6.45) is 4.82. The Balaban J connectivity index is 1.52. The van der Waals surface area contributed by atoms with Crippen molar-refractivity contribution in [3.63, 3.8) is 0 Å². The number of carbonyl (C=O) groups excluding carboxylic acids is 1. The van der Waals surface area contributed by atoms with Crippen LogP contribution < -0.4 is 5.32 Å². The molecule has 1 N–H and O–H groups in total. The molecule has 0 saturated heterocycles. The quantitative estimate of drug-likeness (QED) is 0.409. The van der Waals surface area contributed by atoms with E-state index < -0.39 is 0 Å². The molecule has 3 heterocycles. The normalized spacial score (nSPS) is 12.2. The zero-order valence-corrected chi connectivity index (χ0v) is 15.4. The monoisotopic (exact) mass is 379 g/mol. The standard InChI is InChI=1S/C19H17N5O2S/c1-13(18(25)20-10-15-8-5-9-26-15)27-19-16-11-23-24(17(16)21-12-22-19)14-6-3-2-4-7-14/h2-9,11-13H,10H2,1H3,(H,20,25)/t13-/m0/s1. The summed E-state index contributed by atoms with van der Waals surface area (Å²) in [4.78, 5) is 21.1. The number of hydrogen-bond donors (Lipinski definition) is 1. The average Bonchev–Trinajstić information content (AvgIpc) is 3.37. The molecule has 0 radical (unpaired) electrons. The van der Waals surface area contributed by atoms with E-state index >= 15 is 0 Å². The fraction of sp³-hybridized carbons (Fsp3) is 0.158. The number of thioether (sulfide) groups is 1. The minimum atomic E-state index is -0.321. The van der Waals surface area contributed by atoms with Crippen molar-refractivity contribution in [2.75, 3.05) is 0 Å².